The first-order valence-corrected chi connectivity index (χ1v) is 8.72. The SMILES string of the molecule is CC(C)(C)OC(=O)NCCSC[C@H](NC(=O)OC(C)(C)C)C(=O)O. The van der Waals surface area contributed by atoms with E-state index in [1.165, 1.54) is 11.8 Å². The Morgan fingerprint density at radius 1 is 1.00 bits per heavy atom. The fourth-order valence-electron chi connectivity index (χ4n) is 1.37. The van der Waals surface area contributed by atoms with Gasteiger partial charge >= 0.3 is 18.2 Å². The van der Waals surface area contributed by atoms with Crippen LogP contribution in [0.5, 0.6) is 0 Å². The Labute approximate surface area is 147 Å². The van der Waals surface area contributed by atoms with Crippen molar-refractivity contribution in [2.24, 2.45) is 0 Å². The average molecular weight is 364 g/mol. The molecule has 2 amide bonds. The van der Waals surface area contributed by atoms with E-state index in [-0.39, 0.29) is 5.75 Å². The van der Waals surface area contributed by atoms with Crippen LogP contribution in [-0.2, 0) is 14.3 Å². The van der Waals surface area contributed by atoms with Crippen molar-refractivity contribution >= 4 is 29.9 Å². The molecule has 0 aromatic carbocycles. The standard InChI is InChI=1S/C15H28N2O6S/c1-14(2,3)22-12(20)16-7-8-24-9-10(11(18)19)17-13(21)23-15(4,5)6/h10H,7-9H2,1-6H3,(H,16,20)(H,17,21)(H,18,19)/t10-/m0/s1. The number of rotatable bonds is 7. The number of carboxylic acid groups (broad SMARTS) is 1. The molecule has 0 heterocycles. The van der Waals surface area contributed by atoms with Crippen LogP contribution < -0.4 is 10.6 Å². The molecule has 0 aliphatic heterocycles. The van der Waals surface area contributed by atoms with E-state index in [1.54, 1.807) is 41.5 Å². The molecule has 0 saturated heterocycles. The summed E-state index contributed by atoms with van der Waals surface area (Å²) in [6.07, 6.45) is -1.30. The zero-order valence-electron chi connectivity index (χ0n) is 15.1. The molecule has 0 saturated carbocycles. The Bertz CT molecular complexity index is 442. The van der Waals surface area contributed by atoms with Gasteiger partial charge in [0.05, 0.1) is 0 Å². The molecule has 0 aromatic heterocycles. The summed E-state index contributed by atoms with van der Waals surface area (Å²) >= 11 is 1.29. The summed E-state index contributed by atoms with van der Waals surface area (Å²) in [5.41, 5.74) is -1.26. The van der Waals surface area contributed by atoms with Gasteiger partial charge in [-0.25, -0.2) is 14.4 Å². The van der Waals surface area contributed by atoms with Crippen LogP contribution in [0.25, 0.3) is 0 Å². The lowest BCUT2D eigenvalue weighted by atomic mass is 10.2. The van der Waals surface area contributed by atoms with Gasteiger partial charge in [0.2, 0.25) is 0 Å². The van der Waals surface area contributed by atoms with Crippen molar-refractivity contribution in [3.8, 4) is 0 Å². The molecule has 0 fully saturated rings. The lowest BCUT2D eigenvalue weighted by molar-refractivity contribution is -0.138. The molecule has 3 N–H and O–H groups in total. The number of nitrogens with one attached hydrogen (secondary N) is 2. The number of ether oxygens (including phenoxy) is 2. The zero-order valence-corrected chi connectivity index (χ0v) is 15.9. The smallest absolute Gasteiger partial charge is 0.408 e. The summed E-state index contributed by atoms with van der Waals surface area (Å²) in [5.74, 6) is -0.502. The highest BCUT2D eigenvalue weighted by Crippen LogP contribution is 2.09. The van der Waals surface area contributed by atoms with E-state index in [1.807, 2.05) is 0 Å². The summed E-state index contributed by atoms with van der Waals surface area (Å²) < 4.78 is 10.1. The first-order valence-electron chi connectivity index (χ1n) is 7.57. The Balaban J connectivity index is 4.09. The van der Waals surface area contributed by atoms with Crippen molar-refractivity contribution < 1.29 is 29.0 Å². The Hall–Kier alpha value is -1.64. The van der Waals surface area contributed by atoms with Crippen molar-refractivity contribution in [2.45, 2.75) is 58.8 Å². The lowest BCUT2D eigenvalue weighted by Gasteiger charge is -2.22. The van der Waals surface area contributed by atoms with Gasteiger partial charge in [-0.3, -0.25) is 0 Å². The first-order chi connectivity index (χ1) is 10.8. The second kappa shape index (κ2) is 9.61. The molecule has 0 unspecified atom stereocenters. The van der Waals surface area contributed by atoms with Crippen LogP contribution in [0.1, 0.15) is 41.5 Å². The highest BCUT2D eigenvalue weighted by atomic mass is 32.2. The average Bonchev–Trinajstić information content (AvgIpc) is 2.32. The van der Waals surface area contributed by atoms with Gasteiger partial charge in [-0.1, -0.05) is 0 Å². The van der Waals surface area contributed by atoms with E-state index >= 15 is 0 Å². The predicted molar refractivity (Wildman–Crippen MR) is 92.4 cm³/mol. The molecule has 24 heavy (non-hydrogen) atoms. The highest BCUT2D eigenvalue weighted by molar-refractivity contribution is 7.99. The zero-order chi connectivity index (χ0) is 19.0. The summed E-state index contributed by atoms with van der Waals surface area (Å²) in [5, 5.41) is 14.0. The van der Waals surface area contributed by atoms with Crippen LogP contribution in [0, 0.1) is 0 Å². The van der Waals surface area contributed by atoms with E-state index in [2.05, 4.69) is 10.6 Å². The Morgan fingerprint density at radius 2 is 1.50 bits per heavy atom. The Morgan fingerprint density at radius 3 is 1.96 bits per heavy atom. The van der Waals surface area contributed by atoms with E-state index < -0.39 is 35.4 Å². The number of carbonyl (C=O) groups excluding carboxylic acids is 2. The van der Waals surface area contributed by atoms with Gasteiger partial charge in [-0.2, -0.15) is 11.8 Å². The van der Waals surface area contributed by atoms with Gasteiger partial charge < -0.3 is 25.2 Å². The molecular formula is C15H28N2O6S. The molecule has 0 spiro atoms. The number of thioether (sulfide) groups is 1. The van der Waals surface area contributed by atoms with E-state index in [0.29, 0.717) is 12.3 Å². The minimum Gasteiger partial charge on any atom is -0.480 e. The van der Waals surface area contributed by atoms with Crippen LogP contribution in [0.3, 0.4) is 0 Å². The van der Waals surface area contributed by atoms with Gasteiger partial charge in [0, 0.05) is 18.1 Å². The van der Waals surface area contributed by atoms with Crippen LogP contribution >= 0.6 is 11.8 Å². The molecule has 0 aliphatic carbocycles. The molecule has 8 nitrogen and oxygen atoms in total. The van der Waals surface area contributed by atoms with Crippen LogP contribution in [0.4, 0.5) is 9.59 Å². The maximum absolute atomic E-state index is 11.6. The second-order valence-electron chi connectivity index (χ2n) is 7.04. The van der Waals surface area contributed by atoms with Gasteiger partial charge in [0.1, 0.15) is 17.2 Å². The summed E-state index contributed by atoms with van der Waals surface area (Å²) in [6, 6.07) is -1.06. The fraction of sp³-hybridized carbons (Fsp3) is 0.800. The maximum atomic E-state index is 11.6. The number of aliphatic carboxylic acids is 1. The van der Waals surface area contributed by atoms with Crippen LogP contribution in [-0.4, -0.2) is 58.6 Å². The highest BCUT2D eigenvalue weighted by Gasteiger charge is 2.23. The first kappa shape index (κ1) is 22.4. The van der Waals surface area contributed by atoms with Crippen molar-refractivity contribution in [1.82, 2.24) is 10.6 Å². The van der Waals surface area contributed by atoms with Gasteiger partial charge in [0.25, 0.3) is 0 Å². The fourth-order valence-corrected chi connectivity index (χ4v) is 2.24. The quantitative estimate of drug-likeness (QED) is 0.593. The van der Waals surface area contributed by atoms with Gasteiger partial charge in [-0.15, -0.1) is 0 Å². The normalized spacial score (nSPS) is 12.9. The topological polar surface area (TPSA) is 114 Å². The van der Waals surface area contributed by atoms with Crippen molar-refractivity contribution in [1.29, 1.82) is 0 Å². The molecule has 0 rings (SSSR count). The molecule has 1 atom stereocenters. The van der Waals surface area contributed by atoms with E-state index in [4.69, 9.17) is 14.6 Å². The number of amides is 2. The third-order valence-electron chi connectivity index (χ3n) is 2.19. The monoisotopic (exact) mass is 364 g/mol. The van der Waals surface area contributed by atoms with Crippen molar-refractivity contribution in [2.75, 3.05) is 18.1 Å². The number of carbonyl (C=O) groups is 3. The molecule has 140 valence electrons. The van der Waals surface area contributed by atoms with Crippen molar-refractivity contribution in [3.63, 3.8) is 0 Å². The largest absolute Gasteiger partial charge is 0.480 e. The molecule has 0 radical (unpaired) electrons. The third kappa shape index (κ3) is 12.9. The predicted octanol–water partition coefficient (Wildman–Crippen LogP) is 2.22. The van der Waals surface area contributed by atoms with E-state index in [9.17, 15) is 14.4 Å². The van der Waals surface area contributed by atoms with Crippen LogP contribution in [0.15, 0.2) is 0 Å². The molecule has 0 bridgehead atoms. The lowest BCUT2D eigenvalue weighted by Crippen LogP contribution is -2.45. The minimum atomic E-state index is -1.14. The van der Waals surface area contributed by atoms with Gasteiger partial charge in [0.15, 0.2) is 0 Å². The Kier molecular flexibility index (Phi) is 8.95. The number of carboxylic acids is 1. The molecular weight excluding hydrogens is 336 g/mol. The second-order valence-corrected chi connectivity index (χ2v) is 8.19. The molecule has 0 aliphatic rings. The maximum Gasteiger partial charge on any atom is 0.408 e. The number of alkyl carbamates (subject to hydrolysis) is 2. The molecule has 9 heteroatoms. The van der Waals surface area contributed by atoms with Gasteiger partial charge in [-0.05, 0) is 41.5 Å². The summed E-state index contributed by atoms with van der Waals surface area (Å²) in [7, 11) is 0. The minimum absolute atomic E-state index is 0.157. The summed E-state index contributed by atoms with van der Waals surface area (Å²) in [6.45, 7) is 10.7. The molecule has 0 aromatic rings. The van der Waals surface area contributed by atoms with Crippen LogP contribution in [0.2, 0.25) is 0 Å². The number of hydrogen-bond acceptors (Lipinski definition) is 6. The number of hydrogen-bond donors (Lipinski definition) is 3. The van der Waals surface area contributed by atoms with Crippen molar-refractivity contribution in [3.05, 3.63) is 0 Å². The van der Waals surface area contributed by atoms with E-state index in [0.717, 1.165) is 0 Å². The third-order valence-corrected chi connectivity index (χ3v) is 3.25. The summed E-state index contributed by atoms with van der Waals surface area (Å²) in [4.78, 5) is 34.2.